The van der Waals surface area contributed by atoms with E-state index in [4.69, 9.17) is 28.7 Å². The Bertz CT molecular complexity index is 581. The molecular weight excluding hydrogens is 435 g/mol. The third kappa shape index (κ3) is 18.6. The van der Waals surface area contributed by atoms with E-state index < -0.39 is 7.82 Å². The highest BCUT2D eigenvalue weighted by Gasteiger charge is 2.13. The highest BCUT2D eigenvalue weighted by atomic mass is 31.2. The average molecular weight is 477 g/mol. The van der Waals surface area contributed by atoms with Crippen LogP contribution in [0.5, 0.6) is 5.75 Å². The fourth-order valence-corrected chi connectivity index (χ4v) is 3.38. The van der Waals surface area contributed by atoms with Crippen molar-refractivity contribution in [1.29, 1.82) is 0 Å². The molecule has 1 aromatic carbocycles. The molecular formula is C23H41O8P. The topological polar surface area (TPSA) is 104 Å². The van der Waals surface area contributed by atoms with Crippen molar-refractivity contribution in [2.75, 3.05) is 46.2 Å². The molecule has 0 aliphatic carbocycles. The summed E-state index contributed by atoms with van der Waals surface area (Å²) < 4.78 is 37.3. The molecule has 0 saturated heterocycles. The van der Waals surface area contributed by atoms with Gasteiger partial charge in [0.1, 0.15) is 11.9 Å². The highest BCUT2D eigenvalue weighted by molar-refractivity contribution is 7.46. The zero-order valence-corrected chi connectivity index (χ0v) is 20.3. The van der Waals surface area contributed by atoms with Crippen molar-refractivity contribution in [3.05, 3.63) is 30.3 Å². The molecule has 186 valence electrons. The molecule has 1 unspecified atom stereocenters. The quantitative estimate of drug-likeness (QED) is 0.183. The Morgan fingerprint density at radius 2 is 1.34 bits per heavy atom. The van der Waals surface area contributed by atoms with Crippen molar-refractivity contribution in [2.45, 2.75) is 64.4 Å². The Morgan fingerprint density at radius 3 is 1.97 bits per heavy atom. The normalized spacial score (nSPS) is 12.7. The van der Waals surface area contributed by atoms with Gasteiger partial charge in [-0.3, -0.25) is 4.52 Å². The van der Waals surface area contributed by atoms with Crippen LogP contribution in [-0.4, -0.2) is 62.1 Å². The van der Waals surface area contributed by atoms with Gasteiger partial charge in [0.25, 0.3) is 0 Å². The molecule has 1 aromatic rings. The third-order valence-electron chi connectivity index (χ3n) is 4.71. The van der Waals surface area contributed by atoms with Crippen LogP contribution in [0.3, 0.4) is 0 Å². The van der Waals surface area contributed by atoms with Crippen molar-refractivity contribution < 1.29 is 37.8 Å². The molecule has 1 atom stereocenters. The van der Waals surface area contributed by atoms with Crippen LogP contribution >= 0.6 is 7.82 Å². The summed E-state index contributed by atoms with van der Waals surface area (Å²) >= 11 is 0. The van der Waals surface area contributed by atoms with E-state index in [1.807, 2.05) is 30.3 Å². The lowest BCUT2D eigenvalue weighted by atomic mass is 10.1. The summed E-state index contributed by atoms with van der Waals surface area (Å²) in [5.41, 5.74) is 0. The molecule has 32 heavy (non-hydrogen) atoms. The number of unbranched alkanes of at least 4 members (excludes halogenated alkanes) is 6. The van der Waals surface area contributed by atoms with Crippen molar-refractivity contribution in [1.82, 2.24) is 0 Å². The monoisotopic (exact) mass is 476 g/mol. The first-order valence-corrected chi connectivity index (χ1v) is 13.2. The smallest absolute Gasteiger partial charge is 0.469 e. The molecule has 9 heteroatoms. The maximum atomic E-state index is 10.5. The van der Waals surface area contributed by atoms with Gasteiger partial charge in [0.15, 0.2) is 0 Å². The van der Waals surface area contributed by atoms with Gasteiger partial charge in [0.05, 0.1) is 46.2 Å². The van der Waals surface area contributed by atoms with Crippen LogP contribution in [0.1, 0.15) is 58.3 Å². The summed E-state index contributed by atoms with van der Waals surface area (Å²) in [6, 6.07) is 9.84. The van der Waals surface area contributed by atoms with Crippen LogP contribution in [-0.2, 0) is 23.3 Å². The van der Waals surface area contributed by atoms with Crippen molar-refractivity contribution in [2.24, 2.45) is 0 Å². The van der Waals surface area contributed by atoms with Crippen LogP contribution < -0.4 is 4.74 Å². The number of phosphoric ester groups is 1. The van der Waals surface area contributed by atoms with Crippen LogP contribution in [0.15, 0.2) is 30.3 Å². The van der Waals surface area contributed by atoms with Gasteiger partial charge in [-0.05, 0) is 25.0 Å². The SMILES string of the molecule is CCCCCCCCCC(COCCOCCOCCOP(=O)(O)O)Oc1ccccc1. The lowest BCUT2D eigenvalue weighted by Gasteiger charge is -2.19. The van der Waals surface area contributed by atoms with Gasteiger partial charge in [0, 0.05) is 0 Å². The number of ether oxygens (including phenoxy) is 4. The fraction of sp³-hybridized carbons (Fsp3) is 0.739. The Morgan fingerprint density at radius 1 is 0.781 bits per heavy atom. The minimum Gasteiger partial charge on any atom is -0.488 e. The summed E-state index contributed by atoms with van der Waals surface area (Å²) in [5, 5.41) is 0. The van der Waals surface area contributed by atoms with E-state index in [9.17, 15) is 4.57 Å². The summed E-state index contributed by atoms with van der Waals surface area (Å²) in [4.78, 5) is 17.1. The predicted octanol–water partition coefficient (Wildman–Crippen LogP) is 4.73. The summed E-state index contributed by atoms with van der Waals surface area (Å²) in [5.74, 6) is 0.861. The molecule has 0 aromatic heterocycles. The Hall–Kier alpha value is -0.990. The first-order valence-electron chi connectivity index (χ1n) is 11.7. The fourth-order valence-electron chi connectivity index (χ4n) is 3.07. The molecule has 0 saturated carbocycles. The zero-order valence-electron chi connectivity index (χ0n) is 19.4. The minimum atomic E-state index is -4.42. The second kappa shape index (κ2) is 19.5. The van der Waals surface area contributed by atoms with E-state index in [0.717, 1.165) is 18.6 Å². The van der Waals surface area contributed by atoms with Crippen molar-refractivity contribution in [3.8, 4) is 5.75 Å². The molecule has 0 heterocycles. The third-order valence-corrected chi connectivity index (χ3v) is 5.23. The van der Waals surface area contributed by atoms with E-state index in [-0.39, 0.29) is 19.3 Å². The van der Waals surface area contributed by atoms with Crippen LogP contribution in [0.2, 0.25) is 0 Å². The van der Waals surface area contributed by atoms with Crippen molar-refractivity contribution >= 4 is 7.82 Å². The molecule has 2 N–H and O–H groups in total. The number of rotatable bonds is 22. The van der Waals surface area contributed by atoms with E-state index in [2.05, 4.69) is 11.4 Å². The second-order valence-electron chi connectivity index (χ2n) is 7.59. The lowest BCUT2D eigenvalue weighted by Crippen LogP contribution is -2.24. The second-order valence-corrected chi connectivity index (χ2v) is 8.83. The minimum absolute atomic E-state index is 0.0189. The Kier molecular flexibility index (Phi) is 17.7. The Labute approximate surface area is 192 Å². The number of hydrogen-bond donors (Lipinski definition) is 2. The molecule has 8 nitrogen and oxygen atoms in total. The summed E-state index contributed by atoms with van der Waals surface area (Å²) in [6.07, 6.45) is 9.86. The number of benzene rings is 1. The van der Waals surface area contributed by atoms with Gasteiger partial charge in [0.2, 0.25) is 0 Å². The first-order chi connectivity index (χ1) is 15.5. The maximum Gasteiger partial charge on any atom is 0.469 e. The molecule has 0 amide bonds. The van der Waals surface area contributed by atoms with E-state index in [1.165, 1.54) is 38.5 Å². The number of hydrogen-bond acceptors (Lipinski definition) is 6. The first kappa shape index (κ1) is 29.0. The van der Waals surface area contributed by atoms with Gasteiger partial charge in [-0.1, -0.05) is 63.6 Å². The van der Waals surface area contributed by atoms with E-state index in [0.29, 0.717) is 33.0 Å². The van der Waals surface area contributed by atoms with Crippen LogP contribution in [0.25, 0.3) is 0 Å². The molecule has 1 rings (SSSR count). The van der Waals surface area contributed by atoms with Crippen LogP contribution in [0, 0.1) is 0 Å². The van der Waals surface area contributed by atoms with Gasteiger partial charge in [-0.2, -0.15) is 0 Å². The average Bonchev–Trinajstić information content (AvgIpc) is 2.76. The molecule has 0 fully saturated rings. The van der Waals surface area contributed by atoms with Gasteiger partial charge in [-0.15, -0.1) is 0 Å². The zero-order chi connectivity index (χ0) is 23.3. The summed E-state index contributed by atoms with van der Waals surface area (Å²) in [7, 11) is -4.42. The van der Waals surface area contributed by atoms with Crippen molar-refractivity contribution in [3.63, 3.8) is 0 Å². The molecule has 0 aliphatic heterocycles. The maximum absolute atomic E-state index is 10.5. The standard InChI is InChI=1S/C23H41O8P/c1-2-3-4-5-6-7-9-14-23(31-22-12-10-8-11-13-22)21-29-18-17-27-15-16-28-19-20-30-32(24,25)26/h8,10-13,23H,2-7,9,14-21H2,1H3,(H2,24,25,26). The van der Waals surface area contributed by atoms with Gasteiger partial charge < -0.3 is 28.7 Å². The molecule has 0 bridgehead atoms. The van der Waals surface area contributed by atoms with Crippen LogP contribution in [0.4, 0.5) is 0 Å². The summed E-state index contributed by atoms with van der Waals surface area (Å²) in [6.45, 7) is 4.30. The van der Waals surface area contributed by atoms with E-state index >= 15 is 0 Å². The molecule has 0 radical (unpaired) electrons. The predicted molar refractivity (Wildman–Crippen MR) is 124 cm³/mol. The largest absolute Gasteiger partial charge is 0.488 e. The van der Waals surface area contributed by atoms with Gasteiger partial charge in [-0.25, -0.2) is 4.57 Å². The molecule has 0 spiro atoms. The number of phosphoric acid groups is 1. The van der Waals surface area contributed by atoms with Gasteiger partial charge >= 0.3 is 7.82 Å². The lowest BCUT2D eigenvalue weighted by molar-refractivity contribution is -0.00956. The molecule has 0 aliphatic rings. The number of para-hydroxylation sites is 1. The Balaban J connectivity index is 2.11. The highest BCUT2D eigenvalue weighted by Crippen LogP contribution is 2.35. The van der Waals surface area contributed by atoms with E-state index in [1.54, 1.807) is 0 Å².